The molecule has 10 aromatic carbocycles. The van der Waals surface area contributed by atoms with Gasteiger partial charge in [-0.25, -0.2) is 39.6 Å². The van der Waals surface area contributed by atoms with Crippen LogP contribution in [0, 0.1) is 13.1 Å². The minimum absolute atomic E-state index is 0.0383. The fraction of sp³-hybridized carbons (Fsp3) is 0.0145. The molecule has 0 aliphatic carbocycles. The summed E-state index contributed by atoms with van der Waals surface area (Å²) in [7, 11) is 0. The van der Waals surface area contributed by atoms with Crippen LogP contribution in [0.1, 0.15) is 5.56 Å². The van der Waals surface area contributed by atoms with Crippen molar-refractivity contribution in [3.05, 3.63) is 265 Å². The topological polar surface area (TPSA) is 95.9 Å². The summed E-state index contributed by atoms with van der Waals surface area (Å²) in [6, 6.07) is 73.5. The number of aromatic nitrogens is 8. The number of para-hydroxylation sites is 2. The number of hydrogen-bond donors (Lipinski definition) is 0. The lowest BCUT2D eigenvalue weighted by Crippen LogP contribution is -2.08. The average Bonchev–Trinajstić information content (AvgIpc) is 2.51. The number of halogens is 3. The second-order valence-corrected chi connectivity index (χ2v) is 19.5. The summed E-state index contributed by atoms with van der Waals surface area (Å²) in [5.41, 5.74) is 6.91. The van der Waals surface area contributed by atoms with Crippen molar-refractivity contribution in [2.24, 2.45) is 0 Å². The number of benzene rings is 10. The Morgan fingerprint density at radius 3 is 1.06 bits per heavy atom. The third-order valence-electron chi connectivity index (χ3n) is 14.7. The van der Waals surface area contributed by atoms with Crippen molar-refractivity contribution in [1.29, 1.82) is 0 Å². The fourth-order valence-corrected chi connectivity index (χ4v) is 11.0. The summed E-state index contributed by atoms with van der Waals surface area (Å²) < 4.78 is 50.0. The largest absolute Gasteiger partial charge is 0.415 e. The first-order valence-electron chi connectivity index (χ1n) is 26.2. The second-order valence-electron chi connectivity index (χ2n) is 19.5. The normalized spacial score (nSPS) is 11.6. The SMILES string of the molecule is [C-]#[N+]c1cc(-n2c3ccccc3c3cc(-c4nc(-c5ccccc5)nc(-c5ccccc5)n4)ccc32)c(-n2c3ccccc3c3cc(-c4nc(-c5ccccc5)nc(-c5ccccc5)n4)ccc32)cc1-c1c([N+]#[C-])cccc1C(F)(F)F. The predicted molar refractivity (Wildman–Crippen MR) is 317 cm³/mol. The highest BCUT2D eigenvalue weighted by atomic mass is 19.4. The molecular weight excluding hydrogens is 1030 g/mol. The van der Waals surface area contributed by atoms with Gasteiger partial charge in [-0.15, -0.1) is 0 Å². The zero-order valence-corrected chi connectivity index (χ0v) is 43.1. The first kappa shape index (κ1) is 48.9. The van der Waals surface area contributed by atoms with Crippen LogP contribution in [0.3, 0.4) is 0 Å². The maximum Gasteiger partial charge on any atom is 0.415 e. The van der Waals surface area contributed by atoms with Crippen LogP contribution in [0.25, 0.3) is 144 Å². The molecule has 0 aliphatic heterocycles. The van der Waals surface area contributed by atoms with Crippen molar-refractivity contribution in [1.82, 2.24) is 39.0 Å². The Morgan fingerprint density at radius 2 is 0.671 bits per heavy atom. The Bertz CT molecular complexity index is 4810. The zero-order valence-electron chi connectivity index (χ0n) is 43.1. The molecule has 14 rings (SSSR count). The Kier molecular flexibility index (Phi) is 11.8. The highest BCUT2D eigenvalue weighted by Crippen LogP contribution is 2.49. The average molecular weight is 1070 g/mol. The summed E-state index contributed by atoms with van der Waals surface area (Å²) in [5.74, 6) is 2.93. The monoisotopic (exact) mass is 1060 g/mol. The Hall–Kier alpha value is -11.4. The molecule has 4 heterocycles. The van der Waals surface area contributed by atoms with E-state index >= 15 is 13.2 Å². The van der Waals surface area contributed by atoms with Gasteiger partial charge in [-0.2, -0.15) is 13.2 Å². The van der Waals surface area contributed by atoms with Crippen molar-refractivity contribution in [2.45, 2.75) is 6.18 Å². The summed E-state index contributed by atoms with van der Waals surface area (Å²) in [6.07, 6.45) is -4.86. The summed E-state index contributed by atoms with van der Waals surface area (Å²) >= 11 is 0. The van der Waals surface area contributed by atoms with Crippen molar-refractivity contribution < 1.29 is 13.2 Å². The van der Waals surface area contributed by atoms with E-state index in [9.17, 15) is 0 Å². The van der Waals surface area contributed by atoms with E-state index in [1.54, 1.807) is 12.1 Å². The molecule has 0 N–H and O–H groups in total. The van der Waals surface area contributed by atoms with Crippen molar-refractivity contribution in [3.63, 3.8) is 0 Å². The van der Waals surface area contributed by atoms with Gasteiger partial charge in [0.15, 0.2) is 46.3 Å². The minimum atomic E-state index is -4.86. The lowest BCUT2D eigenvalue weighted by molar-refractivity contribution is -0.137. The van der Waals surface area contributed by atoms with Crippen molar-refractivity contribution in [3.8, 4) is 90.8 Å². The number of hydrogen-bond acceptors (Lipinski definition) is 6. The molecule has 13 heteroatoms. The van der Waals surface area contributed by atoms with E-state index in [0.29, 0.717) is 57.4 Å². The summed E-state index contributed by atoms with van der Waals surface area (Å²) in [6.45, 7) is 16.8. The summed E-state index contributed by atoms with van der Waals surface area (Å²) in [5, 5.41) is 3.35. The van der Waals surface area contributed by atoms with Gasteiger partial charge in [0.05, 0.1) is 52.1 Å². The molecule has 0 aliphatic rings. The molecule has 0 unspecified atom stereocenters. The second kappa shape index (κ2) is 19.8. The van der Waals surface area contributed by atoms with Crippen molar-refractivity contribution >= 4 is 55.0 Å². The van der Waals surface area contributed by atoms with Gasteiger partial charge in [-0.05, 0) is 71.8 Å². The highest BCUT2D eigenvalue weighted by molar-refractivity contribution is 6.13. The van der Waals surface area contributed by atoms with Gasteiger partial charge in [0.1, 0.15) is 0 Å². The summed E-state index contributed by atoms with van der Waals surface area (Å²) in [4.78, 5) is 37.6. The standard InChI is InChI=1S/C69H39F3N10/c1-73-54-31-19-30-53(69(70,71)72)62(54)52-40-60(81-56-32-17-15-28-48(56)50-38-46(34-36-58(50)81)67-77-63(42-20-7-3-8-21-42)75-64(78-67)43-22-9-4-10-23-43)61(41-55(52)74-2)82-57-33-18-16-29-49(57)51-39-47(35-37-59(51)82)68-79-65(44-24-11-5-12-25-44)76-66(80-68)45-26-13-6-14-27-45/h3-41H. The molecule has 0 amide bonds. The van der Waals surface area contributed by atoms with Gasteiger partial charge >= 0.3 is 6.18 Å². The van der Waals surface area contributed by atoms with Crippen LogP contribution in [0.5, 0.6) is 0 Å². The van der Waals surface area contributed by atoms with Gasteiger partial charge in [-0.3, -0.25) is 0 Å². The Labute approximate surface area is 467 Å². The Balaban J connectivity index is 1.03. The van der Waals surface area contributed by atoms with E-state index in [0.717, 1.165) is 72.0 Å². The zero-order chi connectivity index (χ0) is 55.5. The van der Waals surface area contributed by atoms with E-state index < -0.39 is 11.7 Å². The number of fused-ring (bicyclic) bond motifs is 6. The van der Waals surface area contributed by atoms with Gasteiger partial charge in [0, 0.05) is 54.9 Å². The molecule has 0 fully saturated rings. The first-order chi connectivity index (χ1) is 40.2. The first-order valence-corrected chi connectivity index (χ1v) is 26.2. The molecule has 0 spiro atoms. The highest BCUT2D eigenvalue weighted by Gasteiger charge is 2.36. The molecule has 0 saturated heterocycles. The molecule has 0 saturated carbocycles. The predicted octanol–water partition coefficient (Wildman–Crippen LogP) is 18.0. The molecule has 82 heavy (non-hydrogen) atoms. The van der Waals surface area contributed by atoms with Crippen LogP contribution in [0.15, 0.2) is 237 Å². The molecule has 10 nitrogen and oxygen atoms in total. The molecule has 0 atom stereocenters. The number of rotatable bonds is 9. The molecule has 0 radical (unpaired) electrons. The van der Waals surface area contributed by atoms with Crippen LogP contribution in [0.4, 0.5) is 24.5 Å². The third-order valence-corrected chi connectivity index (χ3v) is 14.7. The molecule has 0 bridgehead atoms. The van der Waals surface area contributed by atoms with E-state index in [1.807, 2.05) is 211 Å². The fourth-order valence-electron chi connectivity index (χ4n) is 11.0. The molecule has 4 aromatic heterocycles. The van der Waals surface area contributed by atoms with Crippen LogP contribution in [0.2, 0.25) is 0 Å². The minimum Gasteiger partial charge on any atom is -0.308 e. The quantitative estimate of drug-likeness (QED) is 0.134. The third kappa shape index (κ3) is 8.45. The van der Waals surface area contributed by atoms with Gasteiger partial charge in [0.2, 0.25) is 0 Å². The molecular formula is C69H39F3N10. The lowest BCUT2D eigenvalue weighted by atomic mass is 9.94. The van der Waals surface area contributed by atoms with Crippen LogP contribution in [-0.4, -0.2) is 39.0 Å². The van der Waals surface area contributed by atoms with Gasteiger partial charge < -0.3 is 9.13 Å². The maximum atomic E-state index is 15.3. The van der Waals surface area contributed by atoms with Crippen LogP contribution >= 0.6 is 0 Å². The van der Waals surface area contributed by atoms with E-state index in [-0.39, 0.29) is 22.5 Å². The number of alkyl halides is 3. The smallest absolute Gasteiger partial charge is 0.308 e. The maximum absolute atomic E-state index is 15.3. The molecule has 14 aromatic rings. The van der Waals surface area contributed by atoms with Crippen LogP contribution in [-0.2, 0) is 6.18 Å². The Morgan fingerprint density at radius 1 is 0.317 bits per heavy atom. The molecule has 386 valence electrons. The number of nitrogens with zero attached hydrogens (tertiary/aromatic N) is 10. The van der Waals surface area contributed by atoms with E-state index in [2.05, 4.69) is 14.3 Å². The van der Waals surface area contributed by atoms with Gasteiger partial charge in [-0.1, -0.05) is 176 Å². The van der Waals surface area contributed by atoms with E-state index in [1.165, 1.54) is 12.1 Å². The van der Waals surface area contributed by atoms with E-state index in [4.69, 9.17) is 43.0 Å². The van der Waals surface area contributed by atoms with Crippen LogP contribution < -0.4 is 0 Å². The van der Waals surface area contributed by atoms with Gasteiger partial charge in [0.25, 0.3) is 0 Å². The lowest BCUT2D eigenvalue weighted by Gasteiger charge is -2.21. The van der Waals surface area contributed by atoms with Crippen molar-refractivity contribution in [2.75, 3.05) is 0 Å².